The Morgan fingerprint density at radius 3 is 2.66 bits per heavy atom. The van der Waals surface area contributed by atoms with Gasteiger partial charge in [-0.3, -0.25) is 14.4 Å². The van der Waals surface area contributed by atoms with Gasteiger partial charge < -0.3 is 20.3 Å². The number of aryl methyl sites for hydroxylation is 1. The summed E-state index contributed by atoms with van der Waals surface area (Å²) in [4.78, 5) is 54.9. The number of nitrogens with zero attached hydrogens (tertiary/aromatic N) is 2. The minimum Gasteiger partial charge on any atom is -0.427 e. The third kappa shape index (κ3) is 4.29. The number of hydrogen-bond donors (Lipinski definition) is 2. The van der Waals surface area contributed by atoms with Crippen LogP contribution in [0.25, 0.3) is 0 Å². The van der Waals surface area contributed by atoms with Gasteiger partial charge in [-0.2, -0.15) is 0 Å². The average Bonchev–Trinajstić information content (AvgIpc) is 3.55. The molecule has 2 aliphatic carbocycles. The molecule has 9 nitrogen and oxygen atoms in total. The van der Waals surface area contributed by atoms with E-state index in [-0.39, 0.29) is 30.4 Å². The lowest BCUT2D eigenvalue weighted by molar-refractivity contribution is -0.143. The molecule has 0 aromatic heterocycles. The molecule has 0 bridgehead atoms. The summed E-state index contributed by atoms with van der Waals surface area (Å²) in [6.45, 7) is 2.77. The van der Waals surface area contributed by atoms with Crippen LogP contribution >= 0.6 is 0 Å². The summed E-state index contributed by atoms with van der Waals surface area (Å²) in [5, 5.41) is 6.06. The highest BCUT2D eigenvalue weighted by atomic mass is 16.6. The van der Waals surface area contributed by atoms with Crippen LogP contribution in [-0.2, 0) is 37.7 Å². The highest BCUT2D eigenvalue weighted by molar-refractivity contribution is 6.06. The van der Waals surface area contributed by atoms with Crippen LogP contribution < -0.4 is 10.6 Å². The Hall–Kier alpha value is -3.88. The quantitative estimate of drug-likeness (QED) is 0.559. The molecule has 2 aromatic carbocycles. The molecule has 2 aromatic rings. The van der Waals surface area contributed by atoms with E-state index in [0.717, 1.165) is 34.6 Å². The Bertz CT molecular complexity index is 1290. The zero-order valence-corrected chi connectivity index (χ0v) is 21.4. The lowest BCUT2D eigenvalue weighted by Crippen LogP contribution is -2.47. The maximum atomic E-state index is 13.7. The van der Waals surface area contributed by atoms with E-state index in [1.807, 2.05) is 49.4 Å². The van der Waals surface area contributed by atoms with Gasteiger partial charge >= 0.3 is 6.09 Å². The number of carbonyl (C=O) groups excluding carboxylic acids is 4. The van der Waals surface area contributed by atoms with Gasteiger partial charge in [-0.15, -0.1) is 0 Å². The summed E-state index contributed by atoms with van der Waals surface area (Å²) in [6, 6.07) is 15.0. The molecular formula is C29H32N4O5. The summed E-state index contributed by atoms with van der Waals surface area (Å²) >= 11 is 0. The molecule has 0 radical (unpaired) electrons. The van der Waals surface area contributed by atoms with E-state index in [9.17, 15) is 19.2 Å². The monoisotopic (exact) mass is 516 g/mol. The summed E-state index contributed by atoms with van der Waals surface area (Å²) in [6.07, 6.45) is 2.97. The first kappa shape index (κ1) is 24.5. The molecular weight excluding hydrogens is 484 g/mol. The number of benzene rings is 2. The Morgan fingerprint density at radius 1 is 1.16 bits per heavy atom. The summed E-state index contributed by atoms with van der Waals surface area (Å²) in [5.41, 5.74) is 1.94. The number of amides is 4. The molecule has 1 spiro atoms. The Morgan fingerprint density at radius 2 is 1.95 bits per heavy atom. The van der Waals surface area contributed by atoms with Gasteiger partial charge in [0.1, 0.15) is 12.6 Å². The molecule has 6 rings (SSSR count). The zero-order valence-electron chi connectivity index (χ0n) is 21.4. The van der Waals surface area contributed by atoms with Gasteiger partial charge in [-0.05, 0) is 61.8 Å². The average molecular weight is 517 g/mol. The summed E-state index contributed by atoms with van der Waals surface area (Å²) in [5.74, 6) is -0.332. The third-order valence-corrected chi connectivity index (χ3v) is 8.35. The van der Waals surface area contributed by atoms with Crippen LogP contribution in [0.5, 0.6) is 0 Å². The van der Waals surface area contributed by atoms with Crippen molar-refractivity contribution in [2.24, 2.45) is 5.92 Å². The summed E-state index contributed by atoms with van der Waals surface area (Å²) in [7, 11) is 0. The van der Waals surface area contributed by atoms with Crippen LogP contribution in [0.1, 0.15) is 49.3 Å². The molecule has 4 aliphatic rings. The fraction of sp³-hybridized carbons (Fsp3) is 0.448. The number of fused-ring (bicyclic) bond motifs is 2. The SMILES string of the molecule is C[C@@H](C1CC1)N(Cc1ccccc1)C(=O)CN1C(=O)OC2(CCc3cc(NC4CCNC4=O)ccc32)C1=O. The van der Waals surface area contributed by atoms with E-state index in [1.165, 1.54) is 0 Å². The van der Waals surface area contributed by atoms with Crippen molar-refractivity contribution in [1.82, 2.24) is 15.1 Å². The van der Waals surface area contributed by atoms with Crippen LogP contribution in [0, 0.1) is 5.92 Å². The van der Waals surface area contributed by atoms with Gasteiger partial charge in [-0.25, -0.2) is 9.69 Å². The van der Waals surface area contributed by atoms with E-state index in [1.54, 1.807) is 11.0 Å². The van der Waals surface area contributed by atoms with Crippen molar-refractivity contribution in [3.63, 3.8) is 0 Å². The second kappa shape index (κ2) is 9.45. The van der Waals surface area contributed by atoms with Crippen LogP contribution in [0.3, 0.4) is 0 Å². The van der Waals surface area contributed by atoms with E-state index >= 15 is 0 Å². The van der Waals surface area contributed by atoms with Crippen LogP contribution in [-0.4, -0.2) is 58.8 Å². The van der Waals surface area contributed by atoms with Gasteiger partial charge in [0.15, 0.2) is 0 Å². The molecule has 2 N–H and O–H groups in total. The molecule has 4 amide bonds. The van der Waals surface area contributed by atoms with Crippen LogP contribution in [0.15, 0.2) is 48.5 Å². The number of ether oxygens (including phenoxy) is 1. The Labute approximate surface area is 221 Å². The maximum Gasteiger partial charge on any atom is 0.418 e. The van der Waals surface area contributed by atoms with Gasteiger partial charge in [0, 0.05) is 36.8 Å². The van der Waals surface area contributed by atoms with E-state index in [0.29, 0.717) is 43.8 Å². The van der Waals surface area contributed by atoms with Crippen molar-refractivity contribution >= 4 is 29.5 Å². The highest BCUT2D eigenvalue weighted by Gasteiger charge is 2.58. The van der Waals surface area contributed by atoms with Crippen molar-refractivity contribution in [1.29, 1.82) is 0 Å². The van der Waals surface area contributed by atoms with Gasteiger partial charge in [0.2, 0.25) is 17.4 Å². The molecule has 9 heteroatoms. The van der Waals surface area contributed by atoms with E-state index in [4.69, 9.17) is 4.74 Å². The van der Waals surface area contributed by atoms with E-state index < -0.39 is 17.6 Å². The maximum absolute atomic E-state index is 13.7. The van der Waals surface area contributed by atoms with Crippen molar-refractivity contribution in [3.8, 4) is 0 Å². The molecule has 3 atom stereocenters. The van der Waals surface area contributed by atoms with Gasteiger partial charge in [0.25, 0.3) is 5.91 Å². The first-order valence-electron chi connectivity index (χ1n) is 13.4. The fourth-order valence-corrected chi connectivity index (χ4v) is 5.97. The standard InChI is InChI=1S/C29H32N4O5/c1-18(20-7-8-20)32(16-19-5-3-2-4-6-19)25(34)17-33-27(36)29(38-28(33)37)13-11-21-15-22(9-10-23(21)29)31-24-12-14-30-26(24)35/h2-6,9-10,15,18,20,24,31H,7-8,11-14,16-17H2,1H3,(H,30,35)/t18-,24?,29?/m0/s1. The number of imide groups is 1. The second-order valence-electron chi connectivity index (χ2n) is 10.8. The Balaban J connectivity index is 1.19. The Kier molecular flexibility index (Phi) is 6.08. The fourth-order valence-electron chi connectivity index (χ4n) is 5.97. The number of rotatable bonds is 8. The lowest BCUT2D eigenvalue weighted by atomic mass is 9.94. The largest absolute Gasteiger partial charge is 0.427 e. The molecule has 1 saturated carbocycles. The normalized spacial score (nSPS) is 24.8. The van der Waals surface area contributed by atoms with Crippen molar-refractivity contribution < 1.29 is 23.9 Å². The third-order valence-electron chi connectivity index (χ3n) is 8.35. The summed E-state index contributed by atoms with van der Waals surface area (Å²) < 4.78 is 5.75. The molecule has 198 valence electrons. The van der Waals surface area contributed by atoms with Crippen LogP contribution in [0.4, 0.5) is 10.5 Å². The molecule has 2 unspecified atom stereocenters. The van der Waals surface area contributed by atoms with Crippen molar-refractivity contribution in [2.45, 2.75) is 63.3 Å². The topological polar surface area (TPSA) is 108 Å². The molecule has 38 heavy (non-hydrogen) atoms. The minimum absolute atomic E-state index is 0.0190. The second-order valence-corrected chi connectivity index (χ2v) is 10.8. The first-order chi connectivity index (χ1) is 18.4. The van der Waals surface area contributed by atoms with Crippen molar-refractivity contribution in [3.05, 3.63) is 65.2 Å². The van der Waals surface area contributed by atoms with E-state index in [2.05, 4.69) is 10.6 Å². The number of nitrogens with one attached hydrogen (secondary N) is 2. The number of hydrogen-bond acceptors (Lipinski definition) is 6. The first-order valence-corrected chi connectivity index (χ1v) is 13.4. The lowest BCUT2D eigenvalue weighted by Gasteiger charge is -2.30. The van der Waals surface area contributed by atoms with Crippen LogP contribution in [0.2, 0.25) is 0 Å². The van der Waals surface area contributed by atoms with Crippen molar-refractivity contribution in [2.75, 3.05) is 18.4 Å². The predicted molar refractivity (Wildman–Crippen MR) is 139 cm³/mol. The molecule has 2 aliphatic heterocycles. The highest BCUT2D eigenvalue weighted by Crippen LogP contribution is 2.46. The number of anilines is 1. The molecule has 2 heterocycles. The smallest absolute Gasteiger partial charge is 0.418 e. The molecule has 2 saturated heterocycles. The van der Waals surface area contributed by atoms with Gasteiger partial charge in [-0.1, -0.05) is 36.4 Å². The molecule has 3 fully saturated rings. The predicted octanol–water partition coefficient (Wildman–Crippen LogP) is 2.93. The minimum atomic E-state index is -1.40. The number of carbonyl (C=O) groups is 4. The van der Waals surface area contributed by atoms with Gasteiger partial charge in [0.05, 0.1) is 0 Å². The zero-order chi connectivity index (χ0) is 26.4.